The Bertz CT molecular complexity index is 161. The van der Waals surface area contributed by atoms with Crippen LogP contribution in [0.15, 0.2) is 0 Å². The minimum Gasteiger partial charge on any atom is -0.171 e. The summed E-state index contributed by atoms with van der Waals surface area (Å²) in [6.07, 6.45) is 0.729. The summed E-state index contributed by atoms with van der Waals surface area (Å²) >= 11 is 3.20. The minimum atomic E-state index is -4.00. The van der Waals surface area contributed by atoms with Crippen LogP contribution in [0.25, 0.3) is 0 Å². The largest absolute Gasteiger partial charge is 0.389 e. The highest BCUT2D eigenvalue weighted by Gasteiger charge is 2.35. The van der Waals surface area contributed by atoms with Gasteiger partial charge in [0.2, 0.25) is 0 Å². The Morgan fingerprint density at radius 2 is 1.71 bits per heavy atom. The second-order valence-corrected chi connectivity index (χ2v) is 4.78. The second kappa shape index (κ2) is 5.38. The molecule has 0 aliphatic heterocycles. The van der Waals surface area contributed by atoms with E-state index in [2.05, 4.69) is 15.9 Å². The van der Waals surface area contributed by atoms with Crippen molar-refractivity contribution in [3.63, 3.8) is 0 Å². The Morgan fingerprint density at radius 1 is 1.14 bits per heavy atom. The molecule has 0 unspecified atom stereocenters. The third kappa shape index (κ3) is 4.20. The van der Waals surface area contributed by atoms with Gasteiger partial charge >= 0.3 is 6.18 Å². The topological polar surface area (TPSA) is 0 Å². The SMILES string of the molecule is FC(F)(F)C[C@@H](CBr)C1CCCCC1. The summed E-state index contributed by atoms with van der Waals surface area (Å²) in [5.74, 6) is 0.0695. The van der Waals surface area contributed by atoms with Gasteiger partial charge in [0.15, 0.2) is 0 Å². The predicted molar refractivity (Wildman–Crippen MR) is 54.5 cm³/mol. The molecule has 0 radical (unpaired) electrons. The van der Waals surface area contributed by atoms with Crippen LogP contribution >= 0.6 is 15.9 Å². The van der Waals surface area contributed by atoms with Gasteiger partial charge < -0.3 is 0 Å². The summed E-state index contributed by atoms with van der Waals surface area (Å²) < 4.78 is 36.7. The fourth-order valence-electron chi connectivity index (χ4n) is 2.25. The van der Waals surface area contributed by atoms with Gasteiger partial charge in [-0.25, -0.2) is 0 Å². The number of alkyl halides is 4. The first-order valence-electron chi connectivity index (χ1n) is 5.15. The van der Waals surface area contributed by atoms with E-state index in [1.165, 1.54) is 6.42 Å². The first-order chi connectivity index (χ1) is 6.53. The van der Waals surface area contributed by atoms with E-state index in [9.17, 15) is 13.2 Å². The van der Waals surface area contributed by atoms with Gasteiger partial charge in [-0.1, -0.05) is 48.0 Å². The van der Waals surface area contributed by atoms with Crippen molar-refractivity contribution in [1.82, 2.24) is 0 Å². The quantitative estimate of drug-likeness (QED) is 0.663. The molecule has 0 amide bonds. The molecule has 1 saturated carbocycles. The number of hydrogen-bond donors (Lipinski definition) is 0. The smallest absolute Gasteiger partial charge is 0.171 e. The molecule has 14 heavy (non-hydrogen) atoms. The van der Waals surface area contributed by atoms with Crippen LogP contribution in [0.1, 0.15) is 38.5 Å². The lowest BCUT2D eigenvalue weighted by Gasteiger charge is -2.29. The molecule has 0 nitrogen and oxygen atoms in total. The van der Waals surface area contributed by atoms with Crippen molar-refractivity contribution in [3.8, 4) is 0 Å². The monoisotopic (exact) mass is 272 g/mol. The molecular formula is C10H16BrF3. The molecule has 0 spiro atoms. The zero-order valence-corrected chi connectivity index (χ0v) is 9.70. The molecule has 1 atom stereocenters. The Balaban J connectivity index is 2.43. The third-order valence-electron chi connectivity index (χ3n) is 3.01. The van der Waals surface area contributed by atoms with Crippen molar-refractivity contribution in [3.05, 3.63) is 0 Å². The Hall–Kier alpha value is 0.270. The van der Waals surface area contributed by atoms with E-state index in [0.717, 1.165) is 25.7 Å². The third-order valence-corrected chi connectivity index (χ3v) is 3.84. The minimum absolute atomic E-state index is 0.213. The van der Waals surface area contributed by atoms with E-state index in [-0.39, 0.29) is 11.8 Å². The summed E-state index contributed by atoms with van der Waals surface area (Å²) in [5.41, 5.74) is 0. The zero-order valence-electron chi connectivity index (χ0n) is 8.12. The van der Waals surface area contributed by atoms with Crippen LogP contribution in [0, 0.1) is 11.8 Å². The van der Waals surface area contributed by atoms with Crippen LogP contribution in [0.5, 0.6) is 0 Å². The number of hydrogen-bond acceptors (Lipinski definition) is 0. The second-order valence-electron chi connectivity index (χ2n) is 4.13. The van der Waals surface area contributed by atoms with Crippen molar-refractivity contribution in [2.45, 2.75) is 44.7 Å². The van der Waals surface area contributed by atoms with Gasteiger partial charge in [0.1, 0.15) is 0 Å². The van der Waals surface area contributed by atoms with Crippen LogP contribution in [0.2, 0.25) is 0 Å². The van der Waals surface area contributed by atoms with Gasteiger partial charge in [0.05, 0.1) is 0 Å². The van der Waals surface area contributed by atoms with Crippen molar-refractivity contribution >= 4 is 15.9 Å². The molecule has 0 aromatic carbocycles. The average Bonchev–Trinajstić information content (AvgIpc) is 2.14. The molecule has 1 aliphatic rings. The maximum Gasteiger partial charge on any atom is 0.389 e. The standard InChI is InChI=1S/C10H16BrF3/c11-7-9(6-10(12,13)14)8-4-2-1-3-5-8/h8-9H,1-7H2/t9-/m0/s1. The summed E-state index contributed by atoms with van der Waals surface area (Å²) in [4.78, 5) is 0. The van der Waals surface area contributed by atoms with Gasteiger partial charge in [0, 0.05) is 11.8 Å². The number of rotatable bonds is 3. The van der Waals surface area contributed by atoms with Crippen LogP contribution in [-0.4, -0.2) is 11.5 Å². The fourth-order valence-corrected chi connectivity index (χ4v) is 3.01. The van der Waals surface area contributed by atoms with Crippen LogP contribution < -0.4 is 0 Å². The van der Waals surface area contributed by atoms with Gasteiger partial charge in [-0.15, -0.1) is 0 Å². The Morgan fingerprint density at radius 3 is 2.14 bits per heavy atom. The van der Waals surface area contributed by atoms with Crippen LogP contribution in [-0.2, 0) is 0 Å². The fraction of sp³-hybridized carbons (Fsp3) is 1.00. The maximum absolute atomic E-state index is 12.2. The number of halogens is 4. The molecule has 0 aromatic heterocycles. The van der Waals surface area contributed by atoms with Gasteiger partial charge in [-0.05, 0) is 11.8 Å². The summed E-state index contributed by atoms with van der Waals surface area (Å²) in [6.45, 7) is 0. The predicted octanol–water partition coefficient (Wildman–Crippen LogP) is 4.53. The van der Waals surface area contributed by atoms with E-state index >= 15 is 0 Å². The van der Waals surface area contributed by atoms with E-state index in [1.54, 1.807) is 0 Å². The summed E-state index contributed by atoms with van der Waals surface area (Å²) in [6, 6.07) is 0. The zero-order chi connectivity index (χ0) is 10.6. The van der Waals surface area contributed by atoms with Crippen LogP contribution in [0.3, 0.4) is 0 Å². The highest BCUT2D eigenvalue weighted by Crippen LogP contribution is 2.37. The van der Waals surface area contributed by atoms with Crippen molar-refractivity contribution < 1.29 is 13.2 Å². The molecule has 0 N–H and O–H groups in total. The van der Waals surface area contributed by atoms with E-state index in [0.29, 0.717) is 5.33 Å². The Labute approximate surface area is 91.4 Å². The lowest BCUT2D eigenvalue weighted by atomic mass is 9.79. The Kier molecular flexibility index (Phi) is 4.74. The van der Waals surface area contributed by atoms with Gasteiger partial charge in [-0.3, -0.25) is 0 Å². The lowest BCUT2D eigenvalue weighted by molar-refractivity contribution is -0.147. The molecule has 0 heterocycles. The maximum atomic E-state index is 12.2. The van der Waals surface area contributed by atoms with E-state index < -0.39 is 12.6 Å². The molecule has 1 fully saturated rings. The highest BCUT2D eigenvalue weighted by atomic mass is 79.9. The van der Waals surface area contributed by atoms with Crippen LogP contribution in [0.4, 0.5) is 13.2 Å². The van der Waals surface area contributed by atoms with Crippen molar-refractivity contribution in [2.24, 2.45) is 11.8 Å². The molecule has 84 valence electrons. The molecule has 0 aromatic rings. The first kappa shape index (κ1) is 12.3. The molecule has 0 saturated heterocycles. The average molecular weight is 273 g/mol. The van der Waals surface area contributed by atoms with E-state index in [4.69, 9.17) is 0 Å². The molecular weight excluding hydrogens is 257 g/mol. The normalized spacial score (nSPS) is 22.3. The molecule has 0 bridgehead atoms. The summed E-state index contributed by atoms with van der Waals surface area (Å²) in [7, 11) is 0. The highest BCUT2D eigenvalue weighted by molar-refractivity contribution is 9.09. The summed E-state index contributed by atoms with van der Waals surface area (Å²) in [5, 5.41) is 0.483. The van der Waals surface area contributed by atoms with Gasteiger partial charge in [0.25, 0.3) is 0 Å². The molecule has 1 aliphatic carbocycles. The molecule has 4 heteroatoms. The van der Waals surface area contributed by atoms with Gasteiger partial charge in [-0.2, -0.15) is 13.2 Å². The first-order valence-corrected chi connectivity index (χ1v) is 6.28. The lowest BCUT2D eigenvalue weighted by Crippen LogP contribution is -2.25. The molecule has 1 rings (SSSR count). The van der Waals surface area contributed by atoms with E-state index in [1.807, 2.05) is 0 Å². The van der Waals surface area contributed by atoms with Crippen molar-refractivity contribution in [1.29, 1.82) is 0 Å². The van der Waals surface area contributed by atoms with Crippen molar-refractivity contribution in [2.75, 3.05) is 5.33 Å².